The minimum atomic E-state index is 0. The highest BCUT2D eigenvalue weighted by atomic mass is 32.1. The van der Waals surface area contributed by atoms with Gasteiger partial charge in [-0.2, -0.15) is 13.5 Å². The summed E-state index contributed by atoms with van der Waals surface area (Å²) in [5.41, 5.74) is 5.70. The molecule has 5 heteroatoms. The number of nitrogens with one attached hydrogen (secondary N) is 1. The van der Waals surface area contributed by atoms with E-state index in [1.807, 2.05) is 14.1 Å². The second-order valence-corrected chi connectivity index (χ2v) is 3.52. The Morgan fingerprint density at radius 1 is 1.07 bits per heavy atom. The van der Waals surface area contributed by atoms with Crippen molar-refractivity contribution < 1.29 is 12.4 Å². The van der Waals surface area contributed by atoms with Crippen LogP contribution in [0.4, 0.5) is 0 Å². The lowest BCUT2D eigenvalue weighted by Crippen LogP contribution is -2.25. The molecule has 1 rings (SSSR count). The summed E-state index contributed by atoms with van der Waals surface area (Å²) in [4.78, 5) is 0. The monoisotopic (exact) mass is 230 g/mol. The van der Waals surface area contributed by atoms with Crippen LogP contribution in [-0.2, 0) is 0 Å². The summed E-state index contributed by atoms with van der Waals surface area (Å²) >= 11 is 0. The maximum atomic E-state index is 5.70. The van der Waals surface area contributed by atoms with Crippen molar-refractivity contribution in [2.45, 2.75) is 38.6 Å². The van der Waals surface area contributed by atoms with Gasteiger partial charge < -0.3 is 22.0 Å². The Morgan fingerprint density at radius 3 is 1.57 bits per heavy atom. The maximum Gasteiger partial charge on any atom is 0.00390 e. The highest BCUT2D eigenvalue weighted by molar-refractivity contribution is 7.59. The first-order valence-corrected chi connectivity index (χ1v) is 4.54. The zero-order valence-corrected chi connectivity index (χ0v) is 10.6. The van der Waals surface area contributed by atoms with E-state index in [1.165, 1.54) is 25.7 Å². The summed E-state index contributed by atoms with van der Waals surface area (Å²) in [5.74, 6) is 0.940. The summed E-state index contributed by atoms with van der Waals surface area (Å²) in [6.45, 7) is 2.31. The molecule has 1 aliphatic carbocycles. The summed E-state index contributed by atoms with van der Waals surface area (Å²) in [6, 6.07) is 0.520. The molecule has 0 radical (unpaired) electrons. The topological polar surface area (TPSA) is 101 Å². The Balaban J connectivity index is -0.0000000437. The van der Waals surface area contributed by atoms with Gasteiger partial charge in [-0.05, 0) is 45.7 Å². The number of hydrogen-bond donors (Lipinski definition) is 2. The molecule has 7 N–H and O–H groups in total. The molecule has 0 unspecified atom stereocenters. The van der Waals surface area contributed by atoms with E-state index < -0.39 is 0 Å². The highest BCUT2D eigenvalue weighted by Gasteiger charge is 2.13. The first kappa shape index (κ1) is 23.8. The van der Waals surface area contributed by atoms with Crippen molar-refractivity contribution in [3.63, 3.8) is 0 Å². The summed E-state index contributed by atoms with van der Waals surface area (Å²) in [5, 5.41) is 2.75. The van der Waals surface area contributed by atoms with Crippen molar-refractivity contribution in [1.82, 2.24) is 5.32 Å². The van der Waals surface area contributed by atoms with Crippen LogP contribution in [-0.4, -0.2) is 31.1 Å². The van der Waals surface area contributed by atoms with E-state index in [4.69, 9.17) is 5.73 Å². The predicted molar refractivity (Wildman–Crippen MR) is 70.3 cm³/mol. The fraction of sp³-hybridized carbons (Fsp3) is 1.00. The van der Waals surface area contributed by atoms with E-state index >= 15 is 0 Å². The largest absolute Gasteiger partial charge is 0.412 e. The minimum Gasteiger partial charge on any atom is -0.412 e. The van der Waals surface area contributed by atoms with Crippen LogP contribution in [0.1, 0.15) is 34.0 Å². The molecular formula is C9H30N2O2S. The van der Waals surface area contributed by atoms with Gasteiger partial charge in [0.2, 0.25) is 0 Å². The van der Waals surface area contributed by atoms with E-state index in [-0.39, 0.29) is 25.9 Å². The highest BCUT2D eigenvalue weighted by Crippen LogP contribution is 2.21. The van der Waals surface area contributed by atoms with Crippen LogP contribution in [0.15, 0.2) is 0 Å². The van der Waals surface area contributed by atoms with Gasteiger partial charge >= 0.3 is 0 Å². The summed E-state index contributed by atoms with van der Waals surface area (Å²) in [6.07, 6.45) is 5.20. The van der Waals surface area contributed by atoms with Gasteiger partial charge in [-0.3, -0.25) is 0 Å². The molecule has 0 amide bonds. The standard InChI is InChI=1S/C7H15N.C2H7N.2H2O.H2S.H2/c1-6-2-4-7(8)5-3-6;1-3-2;;;;/h6-7H,2-5,8H2,1H3;3H,1-2H3;3*1H2;1H. The van der Waals surface area contributed by atoms with Gasteiger partial charge in [-0.15, -0.1) is 0 Å². The molecule has 0 heterocycles. The van der Waals surface area contributed by atoms with E-state index in [0.29, 0.717) is 6.04 Å². The van der Waals surface area contributed by atoms with Crippen molar-refractivity contribution in [2.24, 2.45) is 11.7 Å². The zero-order valence-electron chi connectivity index (χ0n) is 9.56. The van der Waals surface area contributed by atoms with Crippen LogP contribution < -0.4 is 11.1 Å². The number of hydrogen-bond acceptors (Lipinski definition) is 2. The van der Waals surface area contributed by atoms with Gasteiger partial charge in [0, 0.05) is 7.47 Å². The van der Waals surface area contributed by atoms with Crippen molar-refractivity contribution in [2.75, 3.05) is 14.1 Å². The van der Waals surface area contributed by atoms with Gasteiger partial charge in [0.15, 0.2) is 0 Å². The van der Waals surface area contributed by atoms with Crippen LogP contribution in [0.5, 0.6) is 0 Å². The van der Waals surface area contributed by atoms with Gasteiger partial charge in [0.25, 0.3) is 0 Å². The van der Waals surface area contributed by atoms with Crippen LogP contribution in [0, 0.1) is 5.92 Å². The Morgan fingerprint density at radius 2 is 1.36 bits per heavy atom. The molecule has 1 saturated carbocycles. The normalized spacial score (nSPS) is 24.0. The Kier molecular flexibility index (Phi) is 26.6. The lowest BCUT2D eigenvalue weighted by Gasteiger charge is -2.22. The SMILES string of the molecule is CC1CCC(N)CC1.CNC.O.O.S.[HH]. The van der Waals surface area contributed by atoms with Gasteiger partial charge in [-0.25, -0.2) is 0 Å². The average molecular weight is 230 g/mol. The average Bonchev–Trinajstić information content (AvgIpc) is 1.97. The van der Waals surface area contributed by atoms with Crippen LogP contribution in [0.25, 0.3) is 0 Å². The molecular weight excluding hydrogens is 200 g/mol. The van der Waals surface area contributed by atoms with E-state index in [2.05, 4.69) is 12.2 Å². The van der Waals surface area contributed by atoms with Crippen molar-refractivity contribution >= 4 is 13.5 Å². The van der Waals surface area contributed by atoms with Crippen LogP contribution in [0.3, 0.4) is 0 Å². The van der Waals surface area contributed by atoms with Crippen molar-refractivity contribution in [3.05, 3.63) is 0 Å². The molecule has 0 bridgehead atoms. The second kappa shape index (κ2) is 15.7. The lowest BCUT2D eigenvalue weighted by atomic mass is 9.88. The predicted octanol–water partition coefficient (Wildman–Crippen LogP) is 0.0688. The fourth-order valence-electron chi connectivity index (χ4n) is 1.29. The Bertz CT molecular complexity index is 84.2. The van der Waals surface area contributed by atoms with Crippen molar-refractivity contribution in [3.8, 4) is 0 Å². The van der Waals surface area contributed by atoms with Crippen molar-refractivity contribution in [1.29, 1.82) is 0 Å². The first-order valence-electron chi connectivity index (χ1n) is 4.54. The molecule has 94 valence electrons. The van der Waals surface area contributed by atoms with E-state index in [9.17, 15) is 0 Å². The Hall–Kier alpha value is 0.190. The second-order valence-electron chi connectivity index (χ2n) is 3.52. The van der Waals surface area contributed by atoms with E-state index in [1.54, 1.807) is 0 Å². The molecule has 0 aliphatic heterocycles. The minimum absolute atomic E-state index is 0. The zero-order chi connectivity index (χ0) is 8.69. The molecule has 0 saturated heterocycles. The smallest absolute Gasteiger partial charge is 0.00390 e. The molecule has 4 nitrogen and oxygen atoms in total. The van der Waals surface area contributed by atoms with Gasteiger partial charge in [0.1, 0.15) is 0 Å². The Labute approximate surface area is 96.2 Å². The molecule has 1 fully saturated rings. The molecule has 14 heavy (non-hydrogen) atoms. The van der Waals surface area contributed by atoms with Gasteiger partial charge in [0.05, 0.1) is 0 Å². The molecule has 0 aromatic carbocycles. The molecule has 0 aromatic heterocycles. The summed E-state index contributed by atoms with van der Waals surface area (Å²) in [7, 11) is 3.75. The third-order valence-corrected chi connectivity index (χ3v) is 2.06. The third-order valence-electron chi connectivity index (χ3n) is 2.06. The first-order chi connectivity index (χ1) is 5.20. The molecule has 0 spiro atoms. The number of rotatable bonds is 0. The lowest BCUT2D eigenvalue weighted by molar-refractivity contribution is 0.348. The number of nitrogens with two attached hydrogens (primary N) is 1. The van der Waals surface area contributed by atoms with Crippen LogP contribution in [0.2, 0.25) is 0 Å². The molecule has 0 aromatic rings. The third kappa shape index (κ3) is 14.7. The van der Waals surface area contributed by atoms with E-state index in [0.717, 1.165) is 5.92 Å². The van der Waals surface area contributed by atoms with Crippen LogP contribution >= 0.6 is 13.5 Å². The molecule has 1 aliphatic rings. The fourth-order valence-corrected chi connectivity index (χ4v) is 1.29. The molecule has 0 atom stereocenters. The summed E-state index contributed by atoms with van der Waals surface area (Å²) < 4.78 is 0. The maximum absolute atomic E-state index is 5.70. The quantitative estimate of drug-likeness (QED) is 0.615. The van der Waals surface area contributed by atoms with Gasteiger partial charge in [-0.1, -0.05) is 6.92 Å².